The van der Waals surface area contributed by atoms with Crippen LogP contribution in [-0.2, 0) is 6.42 Å². The van der Waals surface area contributed by atoms with Gasteiger partial charge in [0, 0.05) is 10.5 Å². The molecule has 0 amide bonds. The zero-order chi connectivity index (χ0) is 15.4. The van der Waals surface area contributed by atoms with Crippen LogP contribution in [0.1, 0.15) is 11.1 Å². The molecule has 1 aromatic heterocycles. The molecule has 0 saturated heterocycles. The van der Waals surface area contributed by atoms with E-state index >= 15 is 0 Å². The first kappa shape index (κ1) is 14.6. The number of nitrogens with zero attached hydrogens (tertiary/aromatic N) is 3. The van der Waals surface area contributed by atoms with Crippen LogP contribution in [0.2, 0.25) is 0 Å². The second-order valence-electron chi connectivity index (χ2n) is 4.59. The van der Waals surface area contributed by atoms with Crippen LogP contribution in [0.15, 0.2) is 53.4 Å². The van der Waals surface area contributed by atoms with Crippen LogP contribution < -0.4 is 0 Å². The molecule has 0 fully saturated rings. The molecule has 0 spiro atoms. The lowest BCUT2D eigenvalue weighted by atomic mass is 9.99. The Morgan fingerprint density at radius 2 is 1.82 bits per heavy atom. The molecule has 4 nitrogen and oxygen atoms in total. The maximum atomic E-state index is 12.3. The van der Waals surface area contributed by atoms with E-state index in [9.17, 15) is 8.78 Å². The van der Waals surface area contributed by atoms with Crippen LogP contribution in [0.4, 0.5) is 8.78 Å². The van der Waals surface area contributed by atoms with Gasteiger partial charge in [-0.15, -0.1) is 10.2 Å². The van der Waals surface area contributed by atoms with Crippen LogP contribution in [-0.4, -0.2) is 26.4 Å². The molecule has 3 aromatic rings. The van der Waals surface area contributed by atoms with Gasteiger partial charge >= 0.3 is 0 Å². The Morgan fingerprint density at radius 1 is 1.05 bits per heavy atom. The number of aromatic amines is 1. The summed E-state index contributed by atoms with van der Waals surface area (Å²) in [6.45, 7) is 0. The summed E-state index contributed by atoms with van der Waals surface area (Å²) in [5.41, 5.74) is 3.00. The molecule has 1 N–H and O–H groups in total. The van der Waals surface area contributed by atoms with Crippen LogP contribution in [0.5, 0.6) is 0 Å². The lowest BCUT2D eigenvalue weighted by Crippen LogP contribution is -1.93. The molecule has 0 atom stereocenters. The minimum atomic E-state index is -2.40. The highest BCUT2D eigenvalue weighted by molar-refractivity contribution is 7.99. The monoisotopic (exact) mass is 318 g/mol. The molecule has 112 valence electrons. The summed E-state index contributed by atoms with van der Waals surface area (Å²) < 4.78 is 24.6. The molecule has 0 aliphatic carbocycles. The van der Waals surface area contributed by atoms with E-state index in [-0.39, 0.29) is 0 Å². The lowest BCUT2D eigenvalue weighted by molar-refractivity contribution is 0.252. The molecule has 1 heterocycles. The van der Waals surface area contributed by atoms with E-state index in [4.69, 9.17) is 0 Å². The molecule has 0 saturated carbocycles. The summed E-state index contributed by atoms with van der Waals surface area (Å²) in [6, 6.07) is 14.9. The Kier molecular flexibility index (Phi) is 4.43. The minimum Gasteiger partial charge on any atom is -0.198 e. The van der Waals surface area contributed by atoms with Crippen LogP contribution in [0.3, 0.4) is 0 Å². The topological polar surface area (TPSA) is 54.5 Å². The number of rotatable bonds is 5. The van der Waals surface area contributed by atoms with Gasteiger partial charge in [-0.1, -0.05) is 48.2 Å². The van der Waals surface area contributed by atoms with E-state index < -0.39 is 5.76 Å². The zero-order valence-corrected chi connectivity index (χ0v) is 12.2. The molecule has 0 bridgehead atoms. The summed E-state index contributed by atoms with van der Waals surface area (Å²) in [4.78, 5) is 0.560. The van der Waals surface area contributed by atoms with Crippen molar-refractivity contribution in [1.29, 1.82) is 0 Å². The Morgan fingerprint density at radius 3 is 2.50 bits per heavy atom. The Hall–Kier alpha value is -2.28. The number of hydrogen-bond acceptors (Lipinski definition) is 4. The van der Waals surface area contributed by atoms with E-state index in [0.29, 0.717) is 28.9 Å². The van der Waals surface area contributed by atoms with Crippen molar-refractivity contribution in [3.05, 3.63) is 59.7 Å². The number of halogens is 2. The maximum Gasteiger partial charge on any atom is 0.288 e. The molecule has 0 radical (unpaired) electrons. The quantitative estimate of drug-likeness (QED) is 0.728. The number of H-pyrrole nitrogens is 1. The summed E-state index contributed by atoms with van der Waals surface area (Å²) in [7, 11) is 0. The fourth-order valence-electron chi connectivity index (χ4n) is 2.18. The number of tetrazole rings is 1. The van der Waals surface area contributed by atoms with Crippen molar-refractivity contribution >= 4 is 11.8 Å². The van der Waals surface area contributed by atoms with Crippen molar-refractivity contribution in [2.45, 2.75) is 17.1 Å². The summed E-state index contributed by atoms with van der Waals surface area (Å²) in [5, 5.41) is 14.0. The Balaban J connectivity index is 1.82. The molecular weight excluding hydrogens is 306 g/mol. The Bertz CT molecular complexity index is 730. The molecule has 0 aliphatic rings. The highest BCUT2D eigenvalue weighted by atomic mass is 32.2. The van der Waals surface area contributed by atoms with Crippen molar-refractivity contribution < 1.29 is 8.78 Å². The first-order valence-corrected chi connectivity index (χ1v) is 7.46. The van der Waals surface area contributed by atoms with Gasteiger partial charge < -0.3 is 0 Å². The second-order valence-corrected chi connectivity index (χ2v) is 5.66. The zero-order valence-electron chi connectivity index (χ0n) is 11.4. The van der Waals surface area contributed by atoms with Gasteiger partial charge in [-0.2, -0.15) is 14.0 Å². The second kappa shape index (κ2) is 6.65. The van der Waals surface area contributed by atoms with Gasteiger partial charge in [0.25, 0.3) is 5.76 Å². The smallest absolute Gasteiger partial charge is 0.198 e. The van der Waals surface area contributed by atoms with Gasteiger partial charge in [0.15, 0.2) is 0 Å². The van der Waals surface area contributed by atoms with Gasteiger partial charge in [-0.05, 0) is 34.9 Å². The van der Waals surface area contributed by atoms with E-state index in [1.165, 1.54) is 0 Å². The number of thioether (sulfide) groups is 1. The molecule has 0 unspecified atom stereocenters. The highest BCUT2D eigenvalue weighted by Gasteiger charge is 2.10. The predicted molar refractivity (Wildman–Crippen MR) is 80.7 cm³/mol. The van der Waals surface area contributed by atoms with Crippen molar-refractivity contribution in [3.63, 3.8) is 0 Å². The maximum absolute atomic E-state index is 12.3. The van der Waals surface area contributed by atoms with Gasteiger partial charge in [-0.25, -0.2) is 0 Å². The van der Waals surface area contributed by atoms with E-state index in [1.807, 2.05) is 36.4 Å². The highest BCUT2D eigenvalue weighted by Crippen LogP contribution is 2.27. The molecule has 22 heavy (non-hydrogen) atoms. The standard InChI is InChI=1S/C15H12F2N4S/c16-15(17)22-12-7-5-10(6-8-12)9-11-3-1-2-4-13(11)14-18-20-21-19-14/h1-8,15H,9H2,(H,18,19,20,21). The summed E-state index contributed by atoms with van der Waals surface area (Å²) in [6.07, 6.45) is 0.671. The minimum absolute atomic E-state index is 0.542. The first-order chi connectivity index (χ1) is 10.7. The molecular formula is C15H12F2N4S. The largest absolute Gasteiger partial charge is 0.288 e. The average molecular weight is 318 g/mol. The van der Waals surface area contributed by atoms with Crippen molar-refractivity contribution in [2.24, 2.45) is 0 Å². The third-order valence-electron chi connectivity index (χ3n) is 3.15. The Labute approximate surface area is 130 Å². The van der Waals surface area contributed by atoms with Gasteiger partial charge in [0.2, 0.25) is 5.82 Å². The number of alkyl halides is 2. The molecule has 3 rings (SSSR count). The first-order valence-electron chi connectivity index (χ1n) is 6.58. The fourth-order valence-corrected chi connectivity index (χ4v) is 2.68. The predicted octanol–water partition coefficient (Wildman–Crippen LogP) is 3.77. The third-order valence-corrected chi connectivity index (χ3v) is 3.87. The number of aromatic nitrogens is 4. The number of nitrogens with one attached hydrogen (secondary N) is 1. The lowest BCUT2D eigenvalue weighted by Gasteiger charge is -2.07. The van der Waals surface area contributed by atoms with Crippen molar-refractivity contribution in [1.82, 2.24) is 20.6 Å². The normalized spacial score (nSPS) is 11.0. The van der Waals surface area contributed by atoms with E-state index in [1.54, 1.807) is 12.1 Å². The SMILES string of the molecule is FC(F)Sc1ccc(Cc2ccccc2-c2nn[nH]n2)cc1. The third kappa shape index (κ3) is 3.48. The van der Waals surface area contributed by atoms with E-state index in [0.717, 1.165) is 16.7 Å². The number of benzene rings is 2. The molecule has 2 aromatic carbocycles. The van der Waals surface area contributed by atoms with Crippen molar-refractivity contribution in [3.8, 4) is 11.4 Å². The molecule has 0 aliphatic heterocycles. The average Bonchev–Trinajstić information content (AvgIpc) is 3.03. The van der Waals surface area contributed by atoms with Gasteiger partial charge in [-0.3, -0.25) is 0 Å². The fraction of sp³-hybridized carbons (Fsp3) is 0.133. The summed E-state index contributed by atoms with van der Waals surface area (Å²) >= 11 is 0.549. The van der Waals surface area contributed by atoms with Crippen molar-refractivity contribution in [2.75, 3.05) is 0 Å². The van der Waals surface area contributed by atoms with E-state index in [2.05, 4.69) is 20.6 Å². The van der Waals surface area contributed by atoms with Gasteiger partial charge in [0.05, 0.1) is 0 Å². The van der Waals surface area contributed by atoms with Gasteiger partial charge in [0.1, 0.15) is 0 Å². The number of hydrogen-bond donors (Lipinski definition) is 1. The van der Waals surface area contributed by atoms with Crippen LogP contribution >= 0.6 is 11.8 Å². The molecule has 7 heteroatoms. The van der Waals surface area contributed by atoms with Crippen LogP contribution in [0, 0.1) is 0 Å². The van der Waals surface area contributed by atoms with Crippen LogP contribution in [0.25, 0.3) is 11.4 Å². The summed E-state index contributed by atoms with van der Waals surface area (Å²) in [5.74, 6) is -1.86.